The number of hydrogen-bond acceptors (Lipinski definition) is 4. The van der Waals surface area contributed by atoms with Gasteiger partial charge in [0.2, 0.25) is 0 Å². The number of aromatic nitrogens is 1. The third-order valence-corrected chi connectivity index (χ3v) is 3.53. The van der Waals surface area contributed by atoms with Crippen molar-refractivity contribution in [2.75, 3.05) is 13.7 Å². The van der Waals surface area contributed by atoms with Gasteiger partial charge in [-0.25, -0.2) is 4.98 Å². The summed E-state index contributed by atoms with van der Waals surface area (Å²) in [7, 11) is 1.71. The molecule has 2 rings (SSSR count). The van der Waals surface area contributed by atoms with Gasteiger partial charge in [0.15, 0.2) is 0 Å². The molecule has 2 aromatic rings. The van der Waals surface area contributed by atoms with Gasteiger partial charge in [0.1, 0.15) is 5.75 Å². The first-order valence-corrected chi connectivity index (χ1v) is 6.96. The highest BCUT2D eigenvalue weighted by molar-refractivity contribution is 7.09. The van der Waals surface area contributed by atoms with Gasteiger partial charge in [0.25, 0.3) is 0 Å². The van der Waals surface area contributed by atoms with E-state index >= 15 is 0 Å². The number of nitrogens with zero attached hydrogens (tertiary/aromatic N) is 1. The Labute approximate surface area is 112 Å². The summed E-state index contributed by atoms with van der Waals surface area (Å²) in [6, 6.07) is 6.34. The largest absolute Gasteiger partial charge is 0.496 e. The molecule has 96 valence electrons. The normalized spacial score (nSPS) is 10.6. The number of nitrogens with one attached hydrogen (secondary N) is 1. The van der Waals surface area contributed by atoms with Crippen molar-refractivity contribution in [1.82, 2.24) is 10.3 Å². The molecule has 0 unspecified atom stereocenters. The number of hydrogen-bond donors (Lipinski definition) is 1. The van der Waals surface area contributed by atoms with Gasteiger partial charge in [-0.1, -0.05) is 19.1 Å². The Morgan fingerprint density at radius 3 is 2.94 bits per heavy atom. The molecule has 18 heavy (non-hydrogen) atoms. The molecular formula is C14H18N2OS. The maximum absolute atomic E-state index is 5.38. The van der Waals surface area contributed by atoms with Gasteiger partial charge in [0, 0.05) is 30.1 Å². The molecule has 0 amide bonds. The van der Waals surface area contributed by atoms with Crippen LogP contribution in [0.2, 0.25) is 0 Å². The Balaban J connectivity index is 2.16. The third-order valence-electron chi connectivity index (χ3n) is 2.75. The predicted octanol–water partition coefficient (Wildman–Crippen LogP) is 2.85. The van der Waals surface area contributed by atoms with Gasteiger partial charge < -0.3 is 10.1 Å². The average Bonchev–Trinajstić information content (AvgIpc) is 2.89. The van der Waals surface area contributed by atoms with Crippen molar-refractivity contribution >= 4 is 11.3 Å². The van der Waals surface area contributed by atoms with Gasteiger partial charge in [-0.15, -0.1) is 11.3 Å². The summed E-state index contributed by atoms with van der Waals surface area (Å²) in [5, 5.41) is 6.49. The van der Waals surface area contributed by atoms with Crippen molar-refractivity contribution in [2.45, 2.75) is 19.9 Å². The second-order valence-electron chi connectivity index (χ2n) is 4.03. The molecule has 0 aliphatic heterocycles. The zero-order valence-corrected chi connectivity index (χ0v) is 11.6. The first-order valence-electron chi connectivity index (χ1n) is 6.08. The van der Waals surface area contributed by atoms with Crippen molar-refractivity contribution in [1.29, 1.82) is 0 Å². The minimum absolute atomic E-state index is 0.839. The summed E-state index contributed by atoms with van der Waals surface area (Å²) in [6.45, 7) is 3.90. The van der Waals surface area contributed by atoms with E-state index in [1.54, 1.807) is 18.4 Å². The molecule has 1 N–H and O–H groups in total. The molecule has 1 heterocycles. The predicted molar refractivity (Wildman–Crippen MR) is 75.3 cm³/mol. The smallest absolute Gasteiger partial charge is 0.123 e. The molecule has 4 heteroatoms. The fraction of sp³-hybridized carbons (Fsp3) is 0.357. The number of rotatable bonds is 6. The molecule has 0 radical (unpaired) electrons. The lowest BCUT2D eigenvalue weighted by Crippen LogP contribution is -2.12. The first kappa shape index (κ1) is 13.1. The molecule has 3 nitrogen and oxygen atoms in total. The van der Waals surface area contributed by atoms with E-state index in [9.17, 15) is 0 Å². The van der Waals surface area contributed by atoms with Crippen molar-refractivity contribution in [3.05, 3.63) is 45.9 Å². The van der Waals surface area contributed by atoms with Crippen LogP contribution in [0, 0.1) is 0 Å². The highest BCUT2D eigenvalue weighted by atomic mass is 32.1. The molecule has 0 aliphatic carbocycles. The Hall–Kier alpha value is -1.39. The second-order valence-corrected chi connectivity index (χ2v) is 5.01. The summed E-state index contributed by atoms with van der Waals surface area (Å²) in [5.74, 6) is 0.943. The Bertz CT molecular complexity index is 483. The van der Waals surface area contributed by atoms with E-state index in [1.165, 1.54) is 11.1 Å². The van der Waals surface area contributed by atoms with E-state index in [2.05, 4.69) is 29.4 Å². The first-order chi connectivity index (χ1) is 8.83. The third kappa shape index (κ3) is 3.31. The van der Waals surface area contributed by atoms with Crippen LogP contribution in [0.5, 0.6) is 5.75 Å². The topological polar surface area (TPSA) is 34.2 Å². The average molecular weight is 262 g/mol. The van der Waals surface area contributed by atoms with E-state index in [-0.39, 0.29) is 0 Å². The lowest BCUT2D eigenvalue weighted by atomic mass is 10.1. The van der Waals surface area contributed by atoms with Crippen molar-refractivity contribution < 1.29 is 4.74 Å². The van der Waals surface area contributed by atoms with Crippen LogP contribution < -0.4 is 10.1 Å². The fourth-order valence-corrected chi connectivity index (χ4v) is 2.51. The van der Waals surface area contributed by atoms with Crippen LogP contribution in [0.4, 0.5) is 0 Å². The van der Waals surface area contributed by atoms with E-state index in [0.29, 0.717) is 0 Å². The number of benzene rings is 1. The maximum Gasteiger partial charge on any atom is 0.123 e. The number of ether oxygens (including phenoxy) is 1. The summed E-state index contributed by atoms with van der Waals surface area (Å²) in [4.78, 5) is 4.32. The van der Waals surface area contributed by atoms with Crippen LogP contribution >= 0.6 is 11.3 Å². The van der Waals surface area contributed by atoms with E-state index in [1.807, 2.05) is 17.6 Å². The number of thiazole rings is 1. The van der Waals surface area contributed by atoms with Gasteiger partial charge in [0.05, 0.1) is 12.1 Å². The molecule has 0 fully saturated rings. The van der Waals surface area contributed by atoms with Crippen molar-refractivity contribution in [3.63, 3.8) is 0 Å². The van der Waals surface area contributed by atoms with Gasteiger partial charge >= 0.3 is 0 Å². The summed E-state index contributed by atoms with van der Waals surface area (Å²) in [5.41, 5.74) is 2.48. The molecular weight excluding hydrogens is 244 g/mol. The number of methoxy groups -OCH3 is 1. The Kier molecular flexibility index (Phi) is 4.73. The zero-order valence-electron chi connectivity index (χ0n) is 10.8. The fourth-order valence-electron chi connectivity index (χ4n) is 1.85. The molecule has 0 bridgehead atoms. The second kappa shape index (κ2) is 6.52. The molecule has 0 saturated carbocycles. The zero-order chi connectivity index (χ0) is 12.8. The molecule has 1 aromatic carbocycles. The van der Waals surface area contributed by atoms with Gasteiger partial charge in [-0.05, 0) is 18.2 Å². The minimum atomic E-state index is 0.839. The molecule has 0 atom stereocenters. The van der Waals surface area contributed by atoms with Crippen LogP contribution in [0.1, 0.15) is 23.1 Å². The Morgan fingerprint density at radius 2 is 2.28 bits per heavy atom. The Morgan fingerprint density at radius 1 is 1.39 bits per heavy atom. The van der Waals surface area contributed by atoms with Gasteiger partial charge in [-0.2, -0.15) is 0 Å². The van der Waals surface area contributed by atoms with Crippen LogP contribution in [0.25, 0.3) is 0 Å². The van der Waals surface area contributed by atoms with E-state index in [4.69, 9.17) is 4.74 Å². The lowest BCUT2D eigenvalue weighted by Gasteiger charge is -2.10. The SMILES string of the molecule is CCNCc1cc(Cc2nccs2)ccc1OC. The van der Waals surface area contributed by atoms with Gasteiger partial charge in [-0.3, -0.25) is 0 Å². The molecule has 0 aliphatic rings. The van der Waals surface area contributed by atoms with Crippen molar-refractivity contribution in [3.8, 4) is 5.75 Å². The molecule has 0 saturated heterocycles. The van der Waals surface area contributed by atoms with Crippen LogP contribution in [-0.4, -0.2) is 18.6 Å². The van der Waals surface area contributed by atoms with Crippen LogP contribution in [0.15, 0.2) is 29.8 Å². The molecule has 1 aromatic heterocycles. The summed E-state index contributed by atoms with van der Waals surface area (Å²) < 4.78 is 5.38. The highest BCUT2D eigenvalue weighted by Crippen LogP contribution is 2.22. The van der Waals surface area contributed by atoms with Crippen molar-refractivity contribution in [2.24, 2.45) is 0 Å². The lowest BCUT2D eigenvalue weighted by molar-refractivity contribution is 0.408. The van der Waals surface area contributed by atoms with Crippen LogP contribution in [-0.2, 0) is 13.0 Å². The molecule has 0 spiro atoms. The highest BCUT2D eigenvalue weighted by Gasteiger charge is 2.05. The monoisotopic (exact) mass is 262 g/mol. The standard InChI is InChI=1S/C14H18N2OS/c1-3-15-10-12-8-11(4-5-13(12)17-2)9-14-16-6-7-18-14/h4-8,15H,3,9-10H2,1-2H3. The minimum Gasteiger partial charge on any atom is -0.496 e. The van der Waals surface area contributed by atoms with Crippen LogP contribution in [0.3, 0.4) is 0 Å². The maximum atomic E-state index is 5.38. The summed E-state index contributed by atoms with van der Waals surface area (Å²) in [6.07, 6.45) is 2.74. The van der Waals surface area contributed by atoms with E-state index < -0.39 is 0 Å². The van der Waals surface area contributed by atoms with E-state index in [0.717, 1.165) is 30.3 Å². The summed E-state index contributed by atoms with van der Waals surface area (Å²) >= 11 is 1.69. The quantitative estimate of drug-likeness (QED) is 0.869.